The molecule has 4 saturated carbocycles. The fourth-order valence-corrected chi connectivity index (χ4v) is 5.70. The number of hydrogen-bond donors (Lipinski definition) is 2. The molecule has 4 fully saturated rings. The minimum Gasteiger partial charge on any atom is -0.481 e. The Balaban J connectivity index is 1.95. The summed E-state index contributed by atoms with van der Waals surface area (Å²) in [5.41, 5.74) is -0.412. The topological polar surface area (TPSA) is 57.5 Å². The van der Waals surface area contributed by atoms with Crippen LogP contribution in [0.5, 0.6) is 0 Å². The van der Waals surface area contributed by atoms with Gasteiger partial charge in [0.2, 0.25) is 0 Å². The van der Waals surface area contributed by atoms with Crippen LogP contribution in [0.15, 0.2) is 0 Å². The van der Waals surface area contributed by atoms with Crippen LogP contribution < -0.4 is 0 Å². The molecule has 0 spiro atoms. The van der Waals surface area contributed by atoms with Gasteiger partial charge in [-0.05, 0) is 55.3 Å². The van der Waals surface area contributed by atoms with Crippen molar-refractivity contribution in [1.82, 2.24) is 0 Å². The molecule has 3 nitrogen and oxygen atoms in total. The monoisotopic (exact) mass is 238 g/mol. The predicted octanol–water partition coefficient (Wildman–Crippen LogP) is 2.57. The fourth-order valence-electron chi connectivity index (χ4n) is 5.70. The molecule has 4 bridgehead atoms. The molecule has 4 unspecified atom stereocenters. The van der Waals surface area contributed by atoms with Crippen LogP contribution >= 0.6 is 0 Å². The summed E-state index contributed by atoms with van der Waals surface area (Å²) in [7, 11) is 0. The third kappa shape index (κ3) is 1.70. The van der Waals surface area contributed by atoms with Gasteiger partial charge in [-0.3, -0.25) is 4.79 Å². The summed E-state index contributed by atoms with van der Waals surface area (Å²) in [5.74, 6) is -0.127. The molecule has 0 aromatic carbocycles. The van der Waals surface area contributed by atoms with Gasteiger partial charge in [0, 0.05) is 0 Å². The van der Waals surface area contributed by atoms with Crippen LogP contribution in [-0.2, 0) is 4.79 Å². The first-order valence-corrected chi connectivity index (χ1v) is 6.83. The van der Waals surface area contributed by atoms with E-state index in [1.54, 1.807) is 0 Å². The van der Waals surface area contributed by atoms with E-state index in [0.717, 1.165) is 38.5 Å². The third-order valence-electron chi connectivity index (χ3n) is 5.55. The highest BCUT2D eigenvalue weighted by atomic mass is 16.4. The van der Waals surface area contributed by atoms with Crippen molar-refractivity contribution in [2.24, 2.45) is 16.7 Å². The van der Waals surface area contributed by atoms with Gasteiger partial charge in [-0.2, -0.15) is 0 Å². The molecule has 0 saturated heterocycles. The Morgan fingerprint density at radius 3 is 2.41 bits per heavy atom. The predicted molar refractivity (Wildman–Crippen MR) is 63.6 cm³/mol. The zero-order valence-electron chi connectivity index (χ0n) is 10.5. The normalized spacial score (nSPS) is 51.8. The van der Waals surface area contributed by atoms with Crippen LogP contribution in [0.25, 0.3) is 0 Å². The van der Waals surface area contributed by atoms with E-state index in [9.17, 15) is 9.90 Å². The highest BCUT2D eigenvalue weighted by Gasteiger charge is 2.62. The number of carbonyl (C=O) groups is 1. The molecule has 0 aromatic rings. The van der Waals surface area contributed by atoms with E-state index in [1.165, 1.54) is 6.42 Å². The van der Waals surface area contributed by atoms with Crippen molar-refractivity contribution in [1.29, 1.82) is 0 Å². The van der Waals surface area contributed by atoms with Crippen LogP contribution in [0, 0.1) is 16.7 Å². The second-order valence-electron chi connectivity index (χ2n) is 7.16. The quantitative estimate of drug-likeness (QED) is 0.794. The Bertz CT molecular complexity index is 366. The Morgan fingerprint density at radius 1 is 1.18 bits per heavy atom. The smallest absolute Gasteiger partial charge is 0.303 e. The number of aliphatic carboxylic acids is 1. The van der Waals surface area contributed by atoms with Gasteiger partial charge in [0.1, 0.15) is 0 Å². The lowest BCUT2D eigenvalue weighted by atomic mass is 9.41. The van der Waals surface area contributed by atoms with Gasteiger partial charge < -0.3 is 10.2 Å². The minimum atomic E-state index is -0.693. The lowest BCUT2D eigenvalue weighted by Gasteiger charge is -2.65. The summed E-state index contributed by atoms with van der Waals surface area (Å²) in [4.78, 5) is 11.1. The van der Waals surface area contributed by atoms with Crippen LogP contribution in [0.3, 0.4) is 0 Å². The van der Waals surface area contributed by atoms with Gasteiger partial charge >= 0.3 is 5.97 Å². The van der Waals surface area contributed by atoms with Crippen molar-refractivity contribution in [3.8, 4) is 0 Å². The van der Waals surface area contributed by atoms with E-state index in [2.05, 4.69) is 6.92 Å². The summed E-state index contributed by atoms with van der Waals surface area (Å²) in [6.45, 7) is 2.20. The summed E-state index contributed by atoms with van der Waals surface area (Å²) in [6.07, 6.45) is 7.17. The van der Waals surface area contributed by atoms with Crippen LogP contribution in [0.1, 0.15) is 58.3 Å². The van der Waals surface area contributed by atoms with Crippen molar-refractivity contribution in [2.75, 3.05) is 0 Å². The summed E-state index contributed by atoms with van der Waals surface area (Å²) < 4.78 is 0. The maximum absolute atomic E-state index is 11.1. The minimum absolute atomic E-state index is 0.101. The third-order valence-corrected chi connectivity index (χ3v) is 5.55. The van der Waals surface area contributed by atoms with Crippen LogP contribution in [0.2, 0.25) is 0 Å². The standard InChI is InChI=1S/C14H22O3/c1-2-12-3-10-4-13(7-12,6-11(15)16)9-14(17,5-10)8-12/h10,17H,2-9H2,1H3,(H,15,16). The largest absolute Gasteiger partial charge is 0.481 e. The molecule has 0 heterocycles. The van der Waals surface area contributed by atoms with Crippen molar-refractivity contribution >= 4 is 5.97 Å². The van der Waals surface area contributed by atoms with Gasteiger partial charge in [-0.1, -0.05) is 13.3 Å². The molecular formula is C14H22O3. The Morgan fingerprint density at radius 2 is 1.82 bits per heavy atom. The molecule has 4 atom stereocenters. The van der Waals surface area contributed by atoms with Gasteiger partial charge in [-0.25, -0.2) is 0 Å². The van der Waals surface area contributed by atoms with E-state index in [1.807, 2.05) is 0 Å². The first-order valence-electron chi connectivity index (χ1n) is 6.83. The molecule has 4 rings (SSSR count). The zero-order valence-corrected chi connectivity index (χ0v) is 10.5. The number of rotatable bonds is 3. The molecule has 0 radical (unpaired) electrons. The molecule has 3 heteroatoms. The average Bonchev–Trinajstić information content (AvgIpc) is 2.11. The molecule has 4 aliphatic carbocycles. The second kappa shape index (κ2) is 3.25. The van der Waals surface area contributed by atoms with E-state index < -0.39 is 11.6 Å². The first kappa shape index (κ1) is 11.5. The Kier molecular flexibility index (Phi) is 2.20. The number of hydrogen-bond acceptors (Lipinski definition) is 2. The molecular weight excluding hydrogens is 216 g/mol. The highest BCUT2D eigenvalue weighted by Crippen LogP contribution is 2.68. The Hall–Kier alpha value is -0.570. The molecule has 2 N–H and O–H groups in total. The molecule has 0 aliphatic heterocycles. The first-order chi connectivity index (χ1) is 7.88. The van der Waals surface area contributed by atoms with E-state index in [-0.39, 0.29) is 17.3 Å². The molecule has 96 valence electrons. The van der Waals surface area contributed by atoms with Gasteiger partial charge in [0.25, 0.3) is 0 Å². The highest BCUT2D eigenvalue weighted by molar-refractivity contribution is 5.68. The second-order valence-corrected chi connectivity index (χ2v) is 7.16. The lowest BCUT2D eigenvalue weighted by Crippen LogP contribution is -2.60. The maximum Gasteiger partial charge on any atom is 0.303 e. The van der Waals surface area contributed by atoms with E-state index >= 15 is 0 Å². The van der Waals surface area contributed by atoms with Crippen molar-refractivity contribution < 1.29 is 15.0 Å². The summed E-state index contributed by atoms with van der Waals surface area (Å²) in [6, 6.07) is 0. The number of carboxylic acids is 1. The fraction of sp³-hybridized carbons (Fsp3) is 0.929. The average molecular weight is 238 g/mol. The summed E-state index contributed by atoms with van der Waals surface area (Å²) >= 11 is 0. The molecule has 0 amide bonds. The van der Waals surface area contributed by atoms with Crippen molar-refractivity contribution in [3.63, 3.8) is 0 Å². The number of carboxylic acid groups (broad SMARTS) is 1. The molecule has 0 aromatic heterocycles. The van der Waals surface area contributed by atoms with Gasteiger partial charge in [0.05, 0.1) is 12.0 Å². The zero-order chi connectivity index (χ0) is 12.3. The van der Waals surface area contributed by atoms with Crippen molar-refractivity contribution in [2.45, 2.75) is 63.9 Å². The maximum atomic E-state index is 11.1. The number of aliphatic hydroxyl groups is 1. The van der Waals surface area contributed by atoms with Gasteiger partial charge in [0.15, 0.2) is 0 Å². The molecule has 4 aliphatic rings. The Labute approximate surface area is 102 Å². The summed E-state index contributed by atoms with van der Waals surface area (Å²) in [5, 5.41) is 19.8. The van der Waals surface area contributed by atoms with Crippen LogP contribution in [-0.4, -0.2) is 21.8 Å². The lowest BCUT2D eigenvalue weighted by molar-refractivity contribution is -0.205. The van der Waals surface area contributed by atoms with Crippen LogP contribution in [0.4, 0.5) is 0 Å². The van der Waals surface area contributed by atoms with E-state index in [0.29, 0.717) is 5.92 Å². The van der Waals surface area contributed by atoms with Crippen molar-refractivity contribution in [3.05, 3.63) is 0 Å². The van der Waals surface area contributed by atoms with E-state index in [4.69, 9.17) is 5.11 Å². The van der Waals surface area contributed by atoms with Gasteiger partial charge in [-0.15, -0.1) is 0 Å². The molecule has 17 heavy (non-hydrogen) atoms. The SMILES string of the molecule is CCC12CC3CC(O)(C1)CC(CC(=O)O)(C3)C2.